The Morgan fingerprint density at radius 3 is 2.28 bits per heavy atom. The highest BCUT2D eigenvalue weighted by Crippen LogP contribution is 2.57. The van der Waals surface area contributed by atoms with Gasteiger partial charge >= 0.3 is 6.09 Å². The second kappa shape index (κ2) is 17.7. The molecule has 6 N–H and O–H groups in total. The van der Waals surface area contributed by atoms with Gasteiger partial charge in [-0.3, -0.25) is 19.2 Å². The third kappa shape index (κ3) is 9.95. The number of fused-ring (bicyclic) bond motifs is 2. The van der Waals surface area contributed by atoms with E-state index in [1.807, 2.05) is 18.7 Å². The summed E-state index contributed by atoms with van der Waals surface area (Å²) in [6, 6.07) is 7.43. The first-order chi connectivity index (χ1) is 27.2. The number of nitrogens with two attached hydrogens (primary N) is 1. The van der Waals surface area contributed by atoms with Gasteiger partial charge in [0.1, 0.15) is 18.7 Å². The second-order valence-electron chi connectivity index (χ2n) is 17.9. The maximum absolute atomic E-state index is 14.4. The molecular weight excluding hydrogens is 761 g/mol. The molecule has 16 heteroatoms. The largest absolute Gasteiger partial charge is 0.504 e. The number of ether oxygens (including phenoxy) is 2. The highest BCUT2D eigenvalue weighted by Gasteiger charge is 2.59. The van der Waals surface area contributed by atoms with Crippen molar-refractivity contribution in [2.24, 2.45) is 17.1 Å². The molecule has 15 nitrogen and oxygen atoms in total. The summed E-state index contributed by atoms with van der Waals surface area (Å²) in [7, 11) is -1.16. The number of rotatable bonds is 15. The monoisotopic (exact) mass is 822 g/mol. The smallest absolute Gasteiger partial charge is 0.416 e. The highest BCUT2D eigenvalue weighted by atomic mass is 28.4. The van der Waals surface area contributed by atoms with Crippen LogP contribution in [0.15, 0.2) is 36.4 Å². The molecule has 5 rings (SSSR count). The van der Waals surface area contributed by atoms with Gasteiger partial charge in [0, 0.05) is 24.7 Å². The lowest BCUT2D eigenvalue weighted by Crippen LogP contribution is -2.58. The molecule has 4 atom stereocenters. The van der Waals surface area contributed by atoms with Crippen LogP contribution in [0.4, 0.5) is 16.2 Å². The molecule has 2 aliphatic heterocycles. The van der Waals surface area contributed by atoms with Crippen molar-refractivity contribution in [2.45, 2.75) is 129 Å². The summed E-state index contributed by atoms with van der Waals surface area (Å²) in [5.41, 5.74) is 6.98. The van der Waals surface area contributed by atoms with Crippen LogP contribution in [-0.4, -0.2) is 92.6 Å². The molecule has 2 aromatic rings. The minimum atomic E-state index is -2.56. The quantitative estimate of drug-likeness (QED) is 0.111. The topological polar surface area (TPSA) is 202 Å². The van der Waals surface area contributed by atoms with E-state index in [4.69, 9.17) is 19.6 Å². The molecule has 58 heavy (non-hydrogen) atoms. The van der Waals surface area contributed by atoms with E-state index in [1.165, 1.54) is 24.1 Å². The Morgan fingerprint density at radius 1 is 1.02 bits per heavy atom. The number of nitrogens with one attached hydrogen (secondary N) is 3. The molecule has 1 saturated heterocycles. The normalized spacial score (nSPS) is 19.5. The zero-order valence-corrected chi connectivity index (χ0v) is 36.4. The maximum atomic E-state index is 14.4. The van der Waals surface area contributed by atoms with Gasteiger partial charge in [-0.1, -0.05) is 46.8 Å². The molecule has 0 bridgehead atoms. The Kier molecular flexibility index (Phi) is 13.5. The van der Waals surface area contributed by atoms with Crippen molar-refractivity contribution in [3.63, 3.8) is 0 Å². The average Bonchev–Trinajstić information content (AvgIpc) is 3.82. The van der Waals surface area contributed by atoms with Crippen molar-refractivity contribution in [1.29, 1.82) is 0 Å². The van der Waals surface area contributed by atoms with Crippen LogP contribution >= 0.6 is 0 Å². The number of phenolic OH excluding ortho intramolecular Hbond substituents is 1. The fourth-order valence-corrected chi connectivity index (χ4v) is 8.43. The molecule has 0 radical (unpaired) electrons. The summed E-state index contributed by atoms with van der Waals surface area (Å²) < 4.78 is 18.4. The number of unbranched alkanes of at least 4 members (excludes halogenated alkanes) is 1. The fraction of sp³-hybridized carbons (Fsp3) is 0.595. The van der Waals surface area contributed by atoms with Gasteiger partial charge in [-0.2, -0.15) is 0 Å². The van der Waals surface area contributed by atoms with Gasteiger partial charge in [0.25, 0.3) is 5.91 Å². The first-order valence-corrected chi connectivity index (χ1v) is 23.2. The minimum absolute atomic E-state index is 0.0114. The zero-order chi connectivity index (χ0) is 42.7. The predicted molar refractivity (Wildman–Crippen MR) is 223 cm³/mol. The van der Waals surface area contributed by atoms with E-state index in [0.717, 1.165) is 12.8 Å². The summed E-state index contributed by atoms with van der Waals surface area (Å²) in [5, 5.41) is 19.0. The van der Waals surface area contributed by atoms with Crippen molar-refractivity contribution < 1.29 is 43.0 Å². The Labute approximate surface area is 342 Å². The van der Waals surface area contributed by atoms with Crippen LogP contribution in [-0.2, 0) is 30.2 Å². The number of aromatic hydroxyl groups is 1. The molecule has 2 aromatic carbocycles. The van der Waals surface area contributed by atoms with Gasteiger partial charge in [0.15, 0.2) is 26.0 Å². The van der Waals surface area contributed by atoms with Crippen molar-refractivity contribution in [1.82, 2.24) is 15.5 Å². The third-order valence-corrected chi connectivity index (χ3v) is 16.5. The molecule has 2 heterocycles. The van der Waals surface area contributed by atoms with E-state index in [-0.39, 0.29) is 64.0 Å². The number of hydrogen-bond acceptors (Lipinski definition) is 10. The van der Waals surface area contributed by atoms with Gasteiger partial charge in [-0.05, 0) is 98.8 Å². The molecule has 1 spiro atoms. The number of carbonyl (C=O) groups excluding carboxylic acids is 5. The number of methoxy groups -OCH3 is 1. The van der Waals surface area contributed by atoms with Crippen molar-refractivity contribution in [3.8, 4) is 11.5 Å². The first kappa shape index (κ1) is 44.4. The van der Waals surface area contributed by atoms with Crippen LogP contribution in [0.25, 0.3) is 0 Å². The summed E-state index contributed by atoms with van der Waals surface area (Å²) in [4.78, 5) is 70.5. The average molecular weight is 823 g/mol. The summed E-state index contributed by atoms with van der Waals surface area (Å²) in [6.45, 7) is 16.6. The van der Waals surface area contributed by atoms with E-state index in [2.05, 4.69) is 49.8 Å². The minimum Gasteiger partial charge on any atom is -0.504 e. The highest BCUT2D eigenvalue weighted by molar-refractivity contribution is 6.74. The standard InChI is InChI=1S/C42H62N6O9Si/c1-25(2)35(46-34(50)12-10-11-19-43)37(52)44-26(3)36(51)45-28-15-13-27(14-16-28)23-56-40(54)48-30-21-32(49)33(55-7)20-29(30)38(53)47-24-42(17-18-42)22-31(47)39(48)57-58(8,9)41(4,5)6/h13-16,20-21,25-26,31,35,39,49H,10-12,17-19,22-24,43H2,1-9H3,(H,44,52)(H,45,51)(H,46,50)/t26-,31?,35-,39?/m0/s1. The van der Waals surface area contributed by atoms with Crippen molar-refractivity contribution >= 4 is 49.4 Å². The Balaban J connectivity index is 1.30. The van der Waals surface area contributed by atoms with Crippen molar-refractivity contribution in [2.75, 3.05) is 30.4 Å². The lowest BCUT2D eigenvalue weighted by molar-refractivity contribution is -0.131. The van der Waals surface area contributed by atoms with Crippen LogP contribution in [0.3, 0.4) is 0 Å². The zero-order valence-electron chi connectivity index (χ0n) is 35.4. The van der Waals surface area contributed by atoms with Crippen molar-refractivity contribution in [3.05, 3.63) is 47.5 Å². The van der Waals surface area contributed by atoms with E-state index >= 15 is 0 Å². The number of carbonyl (C=O) groups is 5. The second-order valence-corrected chi connectivity index (χ2v) is 22.6. The number of benzene rings is 2. The Morgan fingerprint density at radius 2 is 1.69 bits per heavy atom. The van der Waals surface area contributed by atoms with E-state index in [1.54, 1.807) is 31.2 Å². The molecule has 2 fully saturated rings. The van der Waals surface area contributed by atoms with Gasteiger partial charge in [-0.15, -0.1) is 0 Å². The molecule has 1 saturated carbocycles. The number of nitrogens with zero attached hydrogens (tertiary/aromatic N) is 2. The lowest BCUT2D eigenvalue weighted by atomic mass is 10.0. The van der Waals surface area contributed by atoms with Gasteiger partial charge < -0.3 is 45.6 Å². The molecule has 2 unspecified atom stereocenters. The van der Waals surface area contributed by atoms with E-state index in [9.17, 15) is 29.1 Å². The predicted octanol–water partition coefficient (Wildman–Crippen LogP) is 5.61. The van der Waals surface area contributed by atoms with E-state index in [0.29, 0.717) is 43.6 Å². The van der Waals surface area contributed by atoms with Gasteiger partial charge in [0.2, 0.25) is 17.7 Å². The Bertz CT molecular complexity index is 1860. The molecule has 5 amide bonds. The number of amides is 5. The van der Waals surface area contributed by atoms with Crippen LogP contribution in [0.2, 0.25) is 18.1 Å². The first-order valence-electron chi connectivity index (χ1n) is 20.3. The van der Waals surface area contributed by atoms with Crippen LogP contribution < -0.4 is 31.3 Å². The summed E-state index contributed by atoms with van der Waals surface area (Å²) in [5.74, 6) is -1.74. The summed E-state index contributed by atoms with van der Waals surface area (Å²) >= 11 is 0. The van der Waals surface area contributed by atoms with Gasteiger partial charge in [-0.25, -0.2) is 9.69 Å². The molecular formula is C42H62N6O9Si. The maximum Gasteiger partial charge on any atom is 0.416 e. The molecule has 0 aromatic heterocycles. The van der Waals surface area contributed by atoms with E-state index < -0.39 is 50.6 Å². The number of anilines is 2. The molecule has 1 aliphatic carbocycles. The SMILES string of the molecule is COc1cc2c(cc1O)N(C(=O)OCc1ccc(NC(=O)[C@H](C)NC(=O)[C@@H](NC(=O)CCCCN)C(C)C)cc1)C(O[Si](C)(C)C(C)(C)C)C1CC3(CC3)CN1C2=O. The third-order valence-electron chi connectivity index (χ3n) is 12.0. The Hall–Kier alpha value is -4.67. The van der Waals surface area contributed by atoms with Crippen LogP contribution in [0, 0.1) is 11.3 Å². The van der Waals surface area contributed by atoms with Gasteiger partial charge in [0.05, 0.1) is 24.4 Å². The summed E-state index contributed by atoms with van der Waals surface area (Å²) in [6.07, 6.45) is 2.65. The van der Waals surface area contributed by atoms with Crippen LogP contribution in [0.1, 0.15) is 96.0 Å². The lowest BCUT2D eigenvalue weighted by Gasteiger charge is -2.44. The van der Waals surface area contributed by atoms with Crippen LogP contribution in [0.5, 0.6) is 11.5 Å². The molecule has 318 valence electrons. The fourth-order valence-electron chi connectivity index (χ4n) is 7.21. The molecule has 3 aliphatic rings. The number of phenols is 1. The number of hydrogen-bond donors (Lipinski definition) is 5.